The van der Waals surface area contributed by atoms with Crippen molar-refractivity contribution in [2.45, 2.75) is 24.7 Å². The van der Waals surface area contributed by atoms with Crippen molar-refractivity contribution in [1.29, 1.82) is 0 Å². The Morgan fingerprint density at radius 2 is 1.34 bits per heavy atom. The third kappa shape index (κ3) is 7.16. The smallest absolute Gasteiger partial charge is 0.350 e. The summed E-state index contributed by atoms with van der Waals surface area (Å²) in [5.41, 5.74) is 3.20. The molecule has 290 valence electrons. The van der Waals surface area contributed by atoms with Crippen LogP contribution in [-0.2, 0) is 16.6 Å². The molecule has 4 N–H and O–H groups in total. The van der Waals surface area contributed by atoms with Crippen molar-refractivity contribution < 1.29 is 42.9 Å². The lowest BCUT2D eigenvalue weighted by atomic mass is 9.79. The number of rotatable bonds is 9. The number of amides is 2. The molecule has 0 aliphatic carbocycles. The predicted octanol–water partition coefficient (Wildman–Crippen LogP) is 7.73. The Bertz CT molecular complexity index is 2670. The molecule has 2 aromatic heterocycles. The second kappa shape index (κ2) is 15.4. The van der Waals surface area contributed by atoms with Crippen LogP contribution in [-0.4, -0.2) is 43.7 Å². The third-order valence-electron chi connectivity index (χ3n) is 10.1. The lowest BCUT2D eigenvalue weighted by Gasteiger charge is -2.30. The Morgan fingerprint density at radius 3 is 1.90 bits per heavy atom. The fourth-order valence-electron chi connectivity index (χ4n) is 7.60. The molecule has 6 aromatic rings. The average molecular weight is 799 g/mol. The predicted molar refractivity (Wildman–Crippen MR) is 211 cm³/mol. The van der Waals surface area contributed by atoms with Crippen LogP contribution in [0.4, 0.5) is 8.78 Å². The molecule has 2 aliphatic rings. The van der Waals surface area contributed by atoms with Crippen LogP contribution in [0.2, 0.25) is 0 Å². The van der Waals surface area contributed by atoms with Gasteiger partial charge in [0.1, 0.15) is 34.3 Å². The first-order chi connectivity index (χ1) is 28.0. The number of carbonyl (C=O) groups is 4. The molecule has 4 heterocycles. The van der Waals surface area contributed by atoms with Gasteiger partial charge in [-0.15, -0.1) is 0 Å². The van der Waals surface area contributed by atoms with Crippen LogP contribution < -0.4 is 15.4 Å². The fourth-order valence-corrected chi connectivity index (χ4v) is 8.26. The Morgan fingerprint density at radius 1 is 0.776 bits per heavy atom. The van der Waals surface area contributed by atoms with E-state index in [9.17, 15) is 29.4 Å². The van der Waals surface area contributed by atoms with E-state index in [2.05, 4.69) is 15.7 Å². The van der Waals surface area contributed by atoms with Crippen LogP contribution in [0, 0.1) is 11.6 Å². The number of allylic oxidation sites excluding steroid dienone is 2. The lowest BCUT2D eigenvalue weighted by molar-refractivity contribution is -0.121. The van der Waals surface area contributed by atoms with Crippen LogP contribution in [0.1, 0.15) is 78.8 Å². The van der Waals surface area contributed by atoms with Crippen LogP contribution >= 0.6 is 11.3 Å². The Hall–Kier alpha value is -7.19. The Kier molecular flexibility index (Phi) is 10.0. The highest BCUT2D eigenvalue weighted by atomic mass is 32.1. The lowest BCUT2D eigenvalue weighted by Crippen LogP contribution is -2.31. The van der Waals surface area contributed by atoms with Crippen LogP contribution in [0.5, 0.6) is 11.5 Å². The highest BCUT2D eigenvalue weighted by molar-refractivity contribution is 7.08. The number of aryl methyl sites for hydroxylation is 1. The number of esters is 1. The van der Waals surface area contributed by atoms with Gasteiger partial charge in [0.25, 0.3) is 0 Å². The summed E-state index contributed by atoms with van der Waals surface area (Å²) >= 11 is 1.42. The standard InChI is InChI=1S/C44H32F2N4O7S/c1-50-21-28(20-47-50)42-38(25-12-13-58-22-25)29(18-36(53)49-42)26-14-31(45)39(33(51)16-26)44(56)57-34-17-27(15-32(46)40(34)43(54)55)30-19-35(52)48-41(24-10-6-3-7-11-24)37(30)23-8-4-2-5-9-23/h2-17,20-22,29-30,51H,18-19H2,1H3,(H,48,52)(H,49,53)(H,54,55). The van der Waals surface area contributed by atoms with Crippen molar-refractivity contribution in [2.24, 2.45) is 7.05 Å². The number of nitrogens with zero attached hydrogens (tertiary/aromatic N) is 2. The van der Waals surface area contributed by atoms with Gasteiger partial charge in [-0.1, -0.05) is 60.7 Å². The number of carboxylic acid groups (broad SMARTS) is 1. The summed E-state index contributed by atoms with van der Waals surface area (Å²) in [6.45, 7) is 0. The minimum atomic E-state index is -1.77. The zero-order valence-electron chi connectivity index (χ0n) is 30.5. The van der Waals surface area contributed by atoms with Gasteiger partial charge in [-0.05, 0) is 80.1 Å². The number of carboxylic acids is 1. The molecule has 0 fully saturated rings. The number of phenols is 1. The van der Waals surface area contributed by atoms with E-state index >= 15 is 8.78 Å². The van der Waals surface area contributed by atoms with Crippen molar-refractivity contribution >= 4 is 57.6 Å². The summed E-state index contributed by atoms with van der Waals surface area (Å²) in [6.07, 6.45) is 3.01. The van der Waals surface area contributed by atoms with E-state index in [1.54, 1.807) is 60.5 Å². The molecule has 0 bridgehead atoms. The number of benzene rings is 4. The number of aromatic nitrogens is 2. The molecule has 2 amide bonds. The molecular formula is C44H32F2N4O7S. The van der Waals surface area contributed by atoms with Gasteiger partial charge in [0.2, 0.25) is 11.8 Å². The van der Waals surface area contributed by atoms with E-state index in [4.69, 9.17) is 4.74 Å². The molecule has 2 unspecified atom stereocenters. The maximum Gasteiger partial charge on any atom is 0.350 e. The van der Waals surface area contributed by atoms with Crippen LogP contribution in [0.3, 0.4) is 0 Å². The van der Waals surface area contributed by atoms with Crippen molar-refractivity contribution in [1.82, 2.24) is 20.4 Å². The normalized spacial score (nSPS) is 16.9. The van der Waals surface area contributed by atoms with Crippen molar-refractivity contribution in [2.75, 3.05) is 0 Å². The molecule has 0 saturated carbocycles. The molecule has 0 radical (unpaired) electrons. The maximum atomic E-state index is 16.2. The first kappa shape index (κ1) is 37.7. The molecular weight excluding hydrogens is 767 g/mol. The second-order valence-electron chi connectivity index (χ2n) is 13.8. The number of hydrogen-bond acceptors (Lipinski definition) is 8. The Labute approximate surface area is 333 Å². The third-order valence-corrected chi connectivity index (χ3v) is 10.8. The molecule has 4 aromatic carbocycles. The maximum absolute atomic E-state index is 16.2. The minimum Gasteiger partial charge on any atom is -0.507 e. The summed E-state index contributed by atoms with van der Waals surface area (Å²) in [5.74, 6) is -9.75. The van der Waals surface area contributed by atoms with E-state index in [0.29, 0.717) is 39.2 Å². The number of carbonyl (C=O) groups excluding carboxylic acids is 3. The van der Waals surface area contributed by atoms with Gasteiger partial charge < -0.3 is 25.6 Å². The van der Waals surface area contributed by atoms with E-state index < -0.39 is 63.9 Å². The number of aromatic hydroxyl groups is 1. The number of hydrogen-bond donors (Lipinski definition) is 4. The molecule has 58 heavy (non-hydrogen) atoms. The van der Waals surface area contributed by atoms with Gasteiger partial charge in [-0.2, -0.15) is 16.4 Å². The fraction of sp³-hybridized carbons (Fsp3) is 0.114. The zero-order valence-corrected chi connectivity index (χ0v) is 31.3. The molecule has 8 rings (SSSR count). The van der Waals surface area contributed by atoms with E-state index in [-0.39, 0.29) is 29.9 Å². The van der Waals surface area contributed by atoms with Crippen molar-refractivity contribution in [3.05, 3.63) is 170 Å². The zero-order chi connectivity index (χ0) is 40.7. The van der Waals surface area contributed by atoms with Crippen molar-refractivity contribution in [3.8, 4) is 11.5 Å². The minimum absolute atomic E-state index is 0.111. The van der Waals surface area contributed by atoms with Gasteiger partial charge in [0, 0.05) is 43.5 Å². The SMILES string of the molecule is Cn1cc(C2=C(c3ccsc3)C(c3cc(O)c(C(=O)Oc4cc(C5CC(=O)NC(c6ccccc6)=C5c5ccccc5)cc(F)c4C(=O)O)c(F)c3)CC(=O)N2)cn1. The number of nitrogens with one attached hydrogen (secondary N) is 2. The highest BCUT2D eigenvalue weighted by Crippen LogP contribution is 2.46. The van der Waals surface area contributed by atoms with E-state index in [1.165, 1.54) is 11.3 Å². The quantitative estimate of drug-likeness (QED) is 0.0855. The van der Waals surface area contributed by atoms with Gasteiger partial charge in [-0.3, -0.25) is 14.3 Å². The number of phenolic OH excluding ortho intramolecular Hbond substituents is 1. The summed E-state index contributed by atoms with van der Waals surface area (Å²) in [4.78, 5) is 52.4. The molecule has 14 heteroatoms. The van der Waals surface area contributed by atoms with Crippen LogP contribution in [0.15, 0.2) is 114 Å². The van der Waals surface area contributed by atoms with Crippen molar-refractivity contribution in [3.63, 3.8) is 0 Å². The molecule has 2 atom stereocenters. The molecule has 11 nitrogen and oxygen atoms in total. The first-order valence-corrected chi connectivity index (χ1v) is 18.9. The highest BCUT2D eigenvalue weighted by Gasteiger charge is 2.36. The van der Waals surface area contributed by atoms with E-state index in [0.717, 1.165) is 29.8 Å². The Balaban J connectivity index is 1.19. The topological polar surface area (TPSA) is 160 Å². The number of aromatic carboxylic acids is 1. The van der Waals surface area contributed by atoms with Crippen LogP contribution in [0.25, 0.3) is 22.5 Å². The number of thiophene rings is 1. The molecule has 0 saturated heterocycles. The van der Waals surface area contributed by atoms with Gasteiger partial charge >= 0.3 is 11.9 Å². The molecule has 2 aliphatic heterocycles. The van der Waals surface area contributed by atoms with Gasteiger partial charge in [0.05, 0.1) is 17.6 Å². The second-order valence-corrected chi connectivity index (χ2v) is 14.6. The number of ether oxygens (including phenoxy) is 1. The van der Waals surface area contributed by atoms with E-state index in [1.807, 2.05) is 41.1 Å². The van der Waals surface area contributed by atoms with Gasteiger partial charge in [0.15, 0.2) is 0 Å². The first-order valence-electron chi connectivity index (χ1n) is 18.0. The molecule has 0 spiro atoms. The van der Waals surface area contributed by atoms with Gasteiger partial charge in [-0.25, -0.2) is 18.4 Å². The number of halogens is 2. The summed E-state index contributed by atoms with van der Waals surface area (Å²) in [7, 11) is 1.72. The monoisotopic (exact) mass is 798 g/mol. The average Bonchev–Trinajstić information content (AvgIpc) is 3.90. The summed E-state index contributed by atoms with van der Waals surface area (Å²) in [5, 5.41) is 35.0. The summed E-state index contributed by atoms with van der Waals surface area (Å²) in [6, 6.07) is 24.2. The largest absolute Gasteiger partial charge is 0.507 e. The summed E-state index contributed by atoms with van der Waals surface area (Å²) < 4.78 is 39.1.